The standard InChI is InChI=1S/C17H26N4/c1-4-15-12-16(20(3)19-15)13-21(11-7-10-18)17-9-6-5-8-14(17)2/h5-6,8-9,12H,4,7,10-11,13,18H2,1-3H3. The van der Waals surface area contributed by atoms with Crippen molar-refractivity contribution in [3.8, 4) is 0 Å². The van der Waals surface area contributed by atoms with E-state index in [9.17, 15) is 0 Å². The molecule has 0 saturated heterocycles. The Hall–Kier alpha value is -1.81. The van der Waals surface area contributed by atoms with Gasteiger partial charge >= 0.3 is 0 Å². The zero-order valence-corrected chi connectivity index (χ0v) is 13.3. The van der Waals surface area contributed by atoms with Gasteiger partial charge in [-0.3, -0.25) is 4.68 Å². The summed E-state index contributed by atoms with van der Waals surface area (Å²) < 4.78 is 1.99. The molecule has 0 amide bonds. The average Bonchev–Trinajstić information content (AvgIpc) is 2.84. The lowest BCUT2D eigenvalue weighted by Gasteiger charge is -2.26. The highest BCUT2D eigenvalue weighted by Gasteiger charge is 2.12. The fourth-order valence-electron chi connectivity index (χ4n) is 2.57. The van der Waals surface area contributed by atoms with Crippen LogP contribution in [-0.2, 0) is 20.0 Å². The Morgan fingerprint density at radius 1 is 1.29 bits per heavy atom. The van der Waals surface area contributed by atoms with Gasteiger partial charge in [-0.15, -0.1) is 0 Å². The number of nitrogens with zero attached hydrogens (tertiary/aromatic N) is 3. The minimum absolute atomic E-state index is 0.716. The molecule has 1 heterocycles. The molecule has 4 nitrogen and oxygen atoms in total. The predicted molar refractivity (Wildman–Crippen MR) is 88.5 cm³/mol. The first-order chi connectivity index (χ1) is 10.2. The third-order valence-corrected chi connectivity index (χ3v) is 3.83. The molecule has 0 atom stereocenters. The highest BCUT2D eigenvalue weighted by Crippen LogP contribution is 2.22. The van der Waals surface area contributed by atoms with E-state index in [1.54, 1.807) is 0 Å². The van der Waals surface area contributed by atoms with Crippen LogP contribution in [0.2, 0.25) is 0 Å². The van der Waals surface area contributed by atoms with Crippen molar-refractivity contribution in [2.75, 3.05) is 18.0 Å². The van der Waals surface area contributed by atoms with E-state index in [1.165, 1.54) is 16.9 Å². The Morgan fingerprint density at radius 2 is 2.05 bits per heavy atom. The summed E-state index contributed by atoms with van der Waals surface area (Å²) >= 11 is 0. The smallest absolute Gasteiger partial charge is 0.0625 e. The molecule has 4 heteroatoms. The first kappa shape index (κ1) is 15.6. The highest BCUT2D eigenvalue weighted by molar-refractivity contribution is 5.53. The molecule has 2 aromatic rings. The van der Waals surface area contributed by atoms with Gasteiger partial charge in [0.1, 0.15) is 0 Å². The lowest BCUT2D eigenvalue weighted by Crippen LogP contribution is -2.27. The SMILES string of the molecule is CCc1cc(CN(CCCN)c2ccccc2C)n(C)n1. The van der Waals surface area contributed by atoms with Crippen LogP contribution in [-0.4, -0.2) is 22.9 Å². The normalized spacial score (nSPS) is 10.9. The van der Waals surface area contributed by atoms with Crippen molar-refractivity contribution in [2.45, 2.75) is 33.2 Å². The zero-order valence-electron chi connectivity index (χ0n) is 13.3. The fourth-order valence-corrected chi connectivity index (χ4v) is 2.57. The third-order valence-electron chi connectivity index (χ3n) is 3.83. The molecule has 2 N–H and O–H groups in total. The molecule has 0 spiro atoms. The van der Waals surface area contributed by atoms with Crippen LogP contribution in [0.5, 0.6) is 0 Å². The van der Waals surface area contributed by atoms with Gasteiger partial charge in [-0.2, -0.15) is 5.10 Å². The maximum Gasteiger partial charge on any atom is 0.0625 e. The van der Waals surface area contributed by atoms with E-state index in [1.807, 2.05) is 11.7 Å². The maximum absolute atomic E-state index is 5.70. The Morgan fingerprint density at radius 3 is 2.67 bits per heavy atom. The summed E-state index contributed by atoms with van der Waals surface area (Å²) in [5.74, 6) is 0. The molecule has 21 heavy (non-hydrogen) atoms. The number of nitrogens with two attached hydrogens (primary N) is 1. The first-order valence-electron chi connectivity index (χ1n) is 7.68. The van der Waals surface area contributed by atoms with Crippen molar-refractivity contribution in [1.29, 1.82) is 0 Å². The summed E-state index contributed by atoms with van der Waals surface area (Å²) in [5, 5.41) is 4.54. The van der Waals surface area contributed by atoms with E-state index in [0.29, 0.717) is 6.54 Å². The zero-order chi connectivity index (χ0) is 15.2. The van der Waals surface area contributed by atoms with E-state index in [0.717, 1.165) is 31.6 Å². The van der Waals surface area contributed by atoms with Gasteiger partial charge in [0.15, 0.2) is 0 Å². The summed E-state index contributed by atoms with van der Waals surface area (Å²) in [6, 6.07) is 10.7. The lowest BCUT2D eigenvalue weighted by atomic mass is 10.1. The second-order valence-electron chi connectivity index (χ2n) is 5.45. The van der Waals surface area contributed by atoms with Crippen LogP contribution in [0.4, 0.5) is 5.69 Å². The molecule has 0 aliphatic heterocycles. The number of benzene rings is 1. The summed E-state index contributed by atoms with van der Waals surface area (Å²) in [6.45, 7) is 6.85. The fraction of sp³-hybridized carbons (Fsp3) is 0.471. The van der Waals surface area contributed by atoms with Crippen molar-refractivity contribution in [3.63, 3.8) is 0 Å². The molecule has 0 radical (unpaired) electrons. The monoisotopic (exact) mass is 286 g/mol. The van der Waals surface area contributed by atoms with Crippen LogP contribution >= 0.6 is 0 Å². The summed E-state index contributed by atoms with van der Waals surface area (Å²) in [4.78, 5) is 2.40. The van der Waals surface area contributed by atoms with Crippen molar-refractivity contribution in [3.05, 3.63) is 47.3 Å². The van der Waals surface area contributed by atoms with Gasteiger partial charge in [-0.05, 0) is 44.0 Å². The van der Waals surface area contributed by atoms with Gasteiger partial charge in [0.25, 0.3) is 0 Å². The molecular weight excluding hydrogens is 260 g/mol. The van der Waals surface area contributed by atoms with Crippen LogP contribution in [0.3, 0.4) is 0 Å². The molecule has 0 saturated carbocycles. The number of para-hydroxylation sites is 1. The Kier molecular flexibility index (Phi) is 5.39. The van der Waals surface area contributed by atoms with Crippen LogP contribution in [0.1, 0.15) is 30.3 Å². The lowest BCUT2D eigenvalue weighted by molar-refractivity contribution is 0.660. The molecule has 0 bridgehead atoms. The Labute approximate surface area is 127 Å². The van der Waals surface area contributed by atoms with Crippen LogP contribution < -0.4 is 10.6 Å². The van der Waals surface area contributed by atoms with Gasteiger partial charge in [0.2, 0.25) is 0 Å². The molecule has 0 fully saturated rings. The van der Waals surface area contributed by atoms with Gasteiger partial charge in [0.05, 0.1) is 17.9 Å². The quantitative estimate of drug-likeness (QED) is 0.851. The molecule has 0 aliphatic carbocycles. The Balaban J connectivity index is 2.24. The number of aryl methyl sites for hydroxylation is 3. The molecule has 0 unspecified atom stereocenters. The largest absolute Gasteiger partial charge is 0.365 e. The topological polar surface area (TPSA) is 47.1 Å². The second kappa shape index (κ2) is 7.27. The van der Waals surface area contributed by atoms with Gasteiger partial charge in [-0.25, -0.2) is 0 Å². The van der Waals surface area contributed by atoms with E-state index in [4.69, 9.17) is 5.73 Å². The van der Waals surface area contributed by atoms with Crippen LogP contribution in [0, 0.1) is 6.92 Å². The Bertz CT molecular complexity index is 574. The number of hydrogen-bond acceptors (Lipinski definition) is 3. The summed E-state index contributed by atoms with van der Waals surface area (Å²) in [5.41, 5.74) is 10.7. The van der Waals surface area contributed by atoms with Crippen molar-refractivity contribution in [2.24, 2.45) is 12.8 Å². The molecule has 1 aromatic carbocycles. The summed E-state index contributed by atoms with van der Waals surface area (Å²) in [6.07, 6.45) is 1.97. The minimum Gasteiger partial charge on any atom is -0.365 e. The number of hydrogen-bond donors (Lipinski definition) is 1. The molecular formula is C17H26N4. The molecule has 114 valence electrons. The number of aromatic nitrogens is 2. The van der Waals surface area contributed by atoms with E-state index >= 15 is 0 Å². The number of anilines is 1. The van der Waals surface area contributed by atoms with Gasteiger partial charge in [-0.1, -0.05) is 25.1 Å². The third kappa shape index (κ3) is 3.85. The molecule has 1 aromatic heterocycles. The number of rotatable bonds is 7. The maximum atomic E-state index is 5.70. The van der Waals surface area contributed by atoms with Crippen molar-refractivity contribution in [1.82, 2.24) is 9.78 Å². The average molecular weight is 286 g/mol. The van der Waals surface area contributed by atoms with E-state index < -0.39 is 0 Å². The highest BCUT2D eigenvalue weighted by atomic mass is 15.3. The van der Waals surface area contributed by atoms with Gasteiger partial charge < -0.3 is 10.6 Å². The van der Waals surface area contributed by atoms with Crippen LogP contribution in [0.25, 0.3) is 0 Å². The molecule has 2 rings (SSSR count). The van der Waals surface area contributed by atoms with E-state index in [2.05, 4.69) is 54.2 Å². The first-order valence-corrected chi connectivity index (χ1v) is 7.68. The predicted octanol–water partition coefficient (Wildman–Crippen LogP) is 2.65. The van der Waals surface area contributed by atoms with Crippen LogP contribution in [0.15, 0.2) is 30.3 Å². The van der Waals surface area contributed by atoms with Crippen molar-refractivity contribution >= 4 is 5.69 Å². The second-order valence-corrected chi connectivity index (χ2v) is 5.45. The molecule has 0 aliphatic rings. The van der Waals surface area contributed by atoms with Gasteiger partial charge in [0, 0.05) is 19.3 Å². The van der Waals surface area contributed by atoms with E-state index in [-0.39, 0.29) is 0 Å². The van der Waals surface area contributed by atoms with Crippen molar-refractivity contribution < 1.29 is 0 Å². The minimum atomic E-state index is 0.716. The summed E-state index contributed by atoms with van der Waals surface area (Å²) in [7, 11) is 2.02.